The van der Waals surface area contributed by atoms with Gasteiger partial charge in [0.05, 0.1) is 0 Å². The molecule has 2 rings (SSSR count). The fourth-order valence-electron chi connectivity index (χ4n) is 1.51. The Hall–Kier alpha value is -2.45. The average molecular weight is 291 g/mol. The number of amides is 2. The van der Waals surface area contributed by atoms with Crippen molar-refractivity contribution < 1.29 is 36.8 Å². The molecule has 1 saturated heterocycles. The normalized spacial score (nSPS) is 14.9. The van der Waals surface area contributed by atoms with Crippen LogP contribution >= 0.6 is 0 Å². The fourth-order valence-corrected chi connectivity index (χ4v) is 1.51. The van der Waals surface area contributed by atoms with Crippen molar-refractivity contribution in [3.05, 3.63) is 34.9 Å². The third kappa shape index (κ3) is 2.22. The zero-order chi connectivity index (χ0) is 15.0. The van der Waals surface area contributed by atoms with Crippen molar-refractivity contribution in [2.24, 2.45) is 0 Å². The van der Waals surface area contributed by atoms with Crippen LogP contribution in [-0.4, -0.2) is 22.8 Å². The van der Waals surface area contributed by atoms with E-state index in [4.69, 9.17) is 0 Å². The molecule has 1 aromatic carbocycles. The van der Waals surface area contributed by atoms with Gasteiger partial charge < -0.3 is 4.84 Å². The maximum Gasteiger partial charge on any atom is 0.367 e. The summed E-state index contributed by atoms with van der Waals surface area (Å²) in [6.07, 6.45) is -0.415. The van der Waals surface area contributed by atoms with Gasteiger partial charge in [0.1, 0.15) is 5.56 Å². The molecule has 0 aromatic heterocycles. The molecule has 1 fully saturated rings. The fraction of sp³-hybridized carbons (Fsp3) is 0.182. The molecule has 0 N–H and O–H groups in total. The van der Waals surface area contributed by atoms with Gasteiger partial charge in [-0.2, -0.15) is 0 Å². The summed E-state index contributed by atoms with van der Waals surface area (Å²) in [5, 5.41) is 0.0704. The van der Waals surface area contributed by atoms with E-state index in [1.54, 1.807) is 0 Å². The van der Waals surface area contributed by atoms with Gasteiger partial charge in [0.2, 0.25) is 0 Å². The van der Waals surface area contributed by atoms with Gasteiger partial charge in [0.15, 0.2) is 23.3 Å². The minimum absolute atomic E-state index is 0.0704. The van der Waals surface area contributed by atoms with Crippen LogP contribution in [0.25, 0.3) is 0 Å². The smallest absolute Gasteiger partial charge is 0.325 e. The summed E-state index contributed by atoms with van der Waals surface area (Å²) in [5.74, 6) is -11.5. The van der Waals surface area contributed by atoms with Gasteiger partial charge in [-0.1, -0.05) is 0 Å². The van der Waals surface area contributed by atoms with Gasteiger partial charge in [0.25, 0.3) is 11.8 Å². The molecule has 0 atom stereocenters. The van der Waals surface area contributed by atoms with Crippen LogP contribution in [0.5, 0.6) is 0 Å². The Morgan fingerprint density at radius 1 is 1.00 bits per heavy atom. The van der Waals surface area contributed by atoms with Crippen molar-refractivity contribution in [2.45, 2.75) is 12.8 Å². The third-order valence-corrected chi connectivity index (χ3v) is 2.50. The first-order chi connectivity index (χ1) is 9.32. The molecule has 1 aliphatic rings. The predicted molar refractivity (Wildman–Crippen MR) is 52.8 cm³/mol. The monoisotopic (exact) mass is 291 g/mol. The van der Waals surface area contributed by atoms with Crippen molar-refractivity contribution in [1.29, 1.82) is 0 Å². The van der Waals surface area contributed by atoms with Crippen LogP contribution < -0.4 is 0 Å². The van der Waals surface area contributed by atoms with Crippen LogP contribution in [0.15, 0.2) is 6.07 Å². The van der Waals surface area contributed by atoms with E-state index in [1.165, 1.54) is 0 Å². The number of hydroxylamine groups is 2. The Morgan fingerprint density at radius 2 is 1.55 bits per heavy atom. The standard InChI is InChI=1S/C11H5F4NO4/c12-5-3-4(8(13)10(15)9(5)14)11(19)20-16-6(17)1-2-7(16)18/h3H,1-2H2. The number of halogens is 4. The Kier molecular flexibility index (Phi) is 3.43. The molecule has 5 nitrogen and oxygen atoms in total. The molecule has 9 heteroatoms. The van der Waals surface area contributed by atoms with E-state index in [0.29, 0.717) is 0 Å². The maximum absolute atomic E-state index is 13.3. The Balaban J connectivity index is 2.31. The van der Waals surface area contributed by atoms with E-state index in [-0.39, 0.29) is 24.0 Å². The van der Waals surface area contributed by atoms with Crippen molar-refractivity contribution in [3.63, 3.8) is 0 Å². The van der Waals surface area contributed by atoms with Crippen LogP contribution in [0.3, 0.4) is 0 Å². The Morgan fingerprint density at radius 3 is 2.10 bits per heavy atom. The molecule has 20 heavy (non-hydrogen) atoms. The quantitative estimate of drug-likeness (QED) is 0.358. The molecular formula is C11H5F4NO4. The van der Waals surface area contributed by atoms with Gasteiger partial charge in [-0.05, 0) is 6.07 Å². The highest BCUT2D eigenvalue weighted by Gasteiger charge is 2.34. The molecule has 0 radical (unpaired) electrons. The second kappa shape index (κ2) is 4.91. The minimum Gasteiger partial charge on any atom is -0.325 e. The van der Waals surface area contributed by atoms with Gasteiger partial charge in [-0.3, -0.25) is 9.59 Å². The van der Waals surface area contributed by atoms with Crippen LogP contribution in [0.1, 0.15) is 23.2 Å². The largest absolute Gasteiger partial charge is 0.367 e. The summed E-state index contributed by atoms with van der Waals surface area (Å²) in [6, 6.07) is 0.0705. The van der Waals surface area contributed by atoms with E-state index in [0.717, 1.165) is 0 Å². The number of benzene rings is 1. The summed E-state index contributed by atoms with van der Waals surface area (Å²) < 4.78 is 51.8. The van der Waals surface area contributed by atoms with Crippen LogP contribution in [0, 0.1) is 23.3 Å². The van der Waals surface area contributed by atoms with E-state index in [2.05, 4.69) is 4.84 Å². The van der Waals surface area contributed by atoms with Crippen molar-refractivity contribution in [1.82, 2.24) is 5.06 Å². The number of carbonyl (C=O) groups excluding carboxylic acids is 3. The van der Waals surface area contributed by atoms with Gasteiger partial charge in [0, 0.05) is 12.8 Å². The van der Waals surface area contributed by atoms with Crippen LogP contribution in [-0.2, 0) is 14.4 Å². The molecule has 106 valence electrons. The molecule has 0 spiro atoms. The summed E-state index contributed by atoms with van der Waals surface area (Å²) in [4.78, 5) is 38.0. The maximum atomic E-state index is 13.3. The first-order valence-electron chi connectivity index (χ1n) is 5.24. The number of rotatable bonds is 2. The molecule has 2 amide bonds. The lowest BCUT2D eigenvalue weighted by Crippen LogP contribution is -2.32. The molecule has 0 saturated carbocycles. The summed E-state index contributed by atoms with van der Waals surface area (Å²) in [7, 11) is 0. The minimum atomic E-state index is -2.20. The zero-order valence-corrected chi connectivity index (χ0v) is 9.58. The van der Waals surface area contributed by atoms with Crippen LogP contribution in [0.4, 0.5) is 17.6 Å². The first-order valence-corrected chi connectivity index (χ1v) is 5.24. The number of imide groups is 1. The summed E-state index contributed by atoms with van der Waals surface area (Å²) >= 11 is 0. The average Bonchev–Trinajstić information content (AvgIpc) is 2.72. The molecule has 1 aromatic rings. The number of carbonyl (C=O) groups is 3. The van der Waals surface area contributed by atoms with E-state index in [9.17, 15) is 31.9 Å². The zero-order valence-electron chi connectivity index (χ0n) is 9.58. The lowest BCUT2D eigenvalue weighted by Gasteiger charge is -2.13. The van der Waals surface area contributed by atoms with E-state index in [1.807, 2.05) is 0 Å². The van der Waals surface area contributed by atoms with Gasteiger partial charge in [-0.15, -0.1) is 5.06 Å². The molecule has 0 unspecified atom stereocenters. The van der Waals surface area contributed by atoms with Crippen molar-refractivity contribution >= 4 is 17.8 Å². The molecular weight excluding hydrogens is 286 g/mol. The van der Waals surface area contributed by atoms with E-state index >= 15 is 0 Å². The number of hydrogen-bond acceptors (Lipinski definition) is 4. The topological polar surface area (TPSA) is 63.7 Å². The second-order valence-electron chi connectivity index (χ2n) is 3.81. The molecule has 0 bridgehead atoms. The summed E-state index contributed by atoms with van der Waals surface area (Å²) in [5.41, 5.74) is -1.27. The van der Waals surface area contributed by atoms with Crippen molar-refractivity contribution in [3.8, 4) is 0 Å². The highest BCUT2D eigenvalue weighted by atomic mass is 19.2. The second-order valence-corrected chi connectivity index (χ2v) is 3.81. The molecule has 1 aliphatic heterocycles. The Labute approximate surface area is 108 Å². The lowest BCUT2D eigenvalue weighted by atomic mass is 10.2. The predicted octanol–water partition coefficient (Wildman–Crippen LogP) is 1.46. The SMILES string of the molecule is O=C(ON1C(=O)CCC1=O)c1cc(F)c(F)c(F)c1F. The Bertz CT molecular complexity index is 615. The van der Waals surface area contributed by atoms with E-state index < -0.39 is 46.6 Å². The molecule has 1 heterocycles. The first kappa shape index (κ1) is 14.0. The number of nitrogens with zero attached hydrogens (tertiary/aromatic N) is 1. The molecule has 0 aliphatic carbocycles. The highest BCUT2D eigenvalue weighted by Crippen LogP contribution is 2.21. The summed E-state index contributed by atoms with van der Waals surface area (Å²) in [6.45, 7) is 0. The van der Waals surface area contributed by atoms with Crippen LogP contribution in [0.2, 0.25) is 0 Å². The van der Waals surface area contributed by atoms with Gasteiger partial charge in [-0.25, -0.2) is 22.4 Å². The van der Waals surface area contributed by atoms with Crippen molar-refractivity contribution in [2.75, 3.05) is 0 Å². The lowest BCUT2D eigenvalue weighted by molar-refractivity contribution is -0.172. The third-order valence-electron chi connectivity index (χ3n) is 2.50. The highest BCUT2D eigenvalue weighted by molar-refractivity contribution is 6.02. The number of hydrogen-bond donors (Lipinski definition) is 0. The van der Waals surface area contributed by atoms with Gasteiger partial charge >= 0.3 is 5.97 Å².